The Kier molecular flexibility index (Phi) is 5.95. The van der Waals surface area contributed by atoms with Crippen molar-refractivity contribution in [1.82, 2.24) is 5.32 Å². The first kappa shape index (κ1) is 16.5. The normalized spacial score (nSPS) is 22.2. The van der Waals surface area contributed by atoms with Gasteiger partial charge in [-0.3, -0.25) is 9.59 Å². The Labute approximate surface area is 130 Å². The Morgan fingerprint density at radius 3 is 2.64 bits per heavy atom. The highest BCUT2D eigenvalue weighted by Crippen LogP contribution is 2.23. The number of amides is 1. The molecule has 3 atom stereocenters. The van der Waals surface area contributed by atoms with Crippen LogP contribution in [0.3, 0.4) is 0 Å². The van der Waals surface area contributed by atoms with E-state index < -0.39 is 12.0 Å². The summed E-state index contributed by atoms with van der Waals surface area (Å²) in [7, 11) is 0. The molecule has 3 unspecified atom stereocenters. The lowest BCUT2D eigenvalue weighted by Gasteiger charge is -2.18. The molecule has 1 aliphatic heterocycles. The third-order valence-corrected chi connectivity index (χ3v) is 3.93. The lowest BCUT2D eigenvalue weighted by atomic mass is 10.0. The van der Waals surface area contributed by atoms with E-state index in [2.05, 4.69) is 5.32 Å². The van der Waals surface area contributed by atoms with Gasteiger partial charge in [0.1, 0.15) is 0 Å². The molecule has 0 saturated carbocycles. The minimum atomic E-state index is -0.929. The van der Waals surface area contributed by atoms with Crippen LogP contribution in [0, 0.1) is 0 Å². The molecule has 0 aromatic heterocycles. The Bertz CT molecular complexity index is 503. The van der Waals surface area contributed by atoms with E-state index >= 15 is 0 Å². The molecule has 22 heavy (non-hydrogen) atoms. The second kappa shape index (κ2) is 7.94. The van der Waals surface area contributed by atoms with E-state index in [0.29, 0.717) is 12.8 Å². The third-order valence-electron chi connectivity index (χ3n) is 3.93. The van der Waals surface area contributed by atoms with Gasteiger partial charge < -0.3 is 15.2 Å². The smallest absolute Gasteiger partial charge is 0.305 e. The Morgan fingerprint density at radius 2 is 2.05 bits per heavy atom. The van der Waals surface area contributed by atoms with E-state index in [0.717, 1.165) is 18.4 Å². The maximum atomic E-state index is 12.1. The number of ether oxygens (including phenoxy) is 1. The molecule has 1 aromatic rings. The predicted octanol–water partition coefficient (Wildman–Crippen LogP) is 2.67. The summed E-state index contributed by atoms with van der Waals surface area (Å²) in [5.41, 5.74) is 0.809. The minimum absolute atomic E-state index is 0.118. The Morgan fingerprint density at radius 1 is 1.32 bits per heavy atom. The van der Waals surface area contributed by atoms with Gasteiger partial charge in [-0.15, -0.1) is 0 Å². The van der Waals surface area contributed by atoms with Crippen molar-refractivity contribution in [3.63, 3.8) is 0 Å². The highest BCUT2D eigenvalue weighted by molar-refractivity contribution is 5.77. The van der Waals surface area contributed by atoms with Gasteiger partial charge in [0, 0.05) is 6.42 Å². The summed E-state index contributed by atoms with van der Waals surface area (Å²) < 4.78 is 5.69. The molecule has 0 radical (unpaired) electrons. The van der Waals surface area contributed by atoms with Crippen molar-refractivity contribution in [2.24, 2.45) is 0 Å². The van der Waals surface area contributed by atoms with Crippen LogP contribution in [0.25, 0.3) is 0 Å². The molecule has 1 saturated heterocycles. The molecule has 1 amide bonds. The van der Waals surface area contributed by atoms with Crippen LogP contribution in [-0.4, -0.2) is 29.2 Å². The van der Waals surface area contributed by atoms with Crippen molar-refractivity contribution in [2.45, 2.75) is 57.3 Å². The van der Waals surface area contributed by atoms with Crippen molar-refractivity contribution in [3.8, 4) is 0 Å². The molecule has 5 heteroatoms. The van der Waals surface area contributed by atoms with Crippen LogP contribution >= 0.6 is 0 Å². The zero-order chi connectivity index (χ0) is 15.9. The van der Waals surface area contributed by atoms with Gasteiger partial charge in [-0.25, -0.2) is 0 Å². The lowest BCUT2D eigenvalue weighted by molar-refractivity contribution is -0.137. The second-order valence-corrected chi connectivity index (χ2v) is 5.81. The van der Waals surface area contributed by atoms with Gasteiger partial charge in [0.15, 0.2) is 0 Å². The summed E-state index contributed by atoms with van der Waals surface area (Å²) in [6.45, 7) is 2.04. The van der Waals surface area contributed by atoms with E-state index in [9.17, 15) is 9.59 Å². The first-order valence-corrected chi connectivity index (χ1v) is 7.76. The van der Waals surface area contributed by atoms with E-state index in [-0.39, 0.29) is 24.5 Å². The predicted molar refractivity (Wildman–Crippen MR) is 82.4 cm³/mol. The van der Waals surface area contributed by atoms with Crippen LogP contribution < -0.4 is 5.32 Å². The fourth-order valence-corrected chi connectivity index (χ4v) is 2.77. The maximum Gasteiger partial charge on any atom is 0.305 e. The molecule has 0 spiro atoms. The zero-order valence-corrected chi connectivity index (χ0v) is 12.8. The lowest BCUT2D eigenvalue weighted by Crippen LogP contribution is -2.30. The van der Waals surface area contributed by atoms with Crippen LogP contribution in [0.15, 0.2) is 30.3 Å². The Balaban J connectivity index is 1.86. The standard InChI is InChI=1S/C17H23NO4/c1-12-7-8-14(22-12)9-10-16(19)18-15(11-17(20)21)13-5-3-2-4-6-13/h2-6,12,14-15H,7-11H2,1H3,(H,18,19)(H,20,21). The Hall–Kier alpha value is -1.88. The molecular formula is C17H23NO4. The van der Waals surface area contributed by atoms with Gasteiger partial charge in [-0.2, -0.15) is 0 Å². The number of carboxylic acids is 1. The highest BCUT2D eigenvalue weighted by Gasteiger charge is 2.23. The van der Waals surface area contributed by atoms with Crippen LogP contribution in [0.1, 0.15) is 50.6 Å². The average molecular weight is 305 g/mol. The van der Waals surface area contributed by atoms with Crippen molar-refractivity contribution in [3.05, 3.63) is 35.9 Å². The monoisotopic (exact) mass is 305 g/mol. The molecule has 2 rings (SSSR count). The topological polar surface area (TPSA) is 75.6 Å². The summed E-state index contributed by atoms with van der Waals surface area (Å²) in [5, 5.41) is 11.8. The number of hydrogen-bond acceptors (Lipinski definition) is 3. The van der Waals surface area contributed by atoms with Crippen LogP contribution in [0.5, 0.6) is 0 Å². The van der Waals surface area contributed by atoms with Gasteiger partial charge >= 0.3 is 5.97 Å². The second-order valence-electron chi connectivity index (χ2n) is 5.81. The minimum Gasteiger partial charge on any atom is -0.481 e. The summed E-state index contributed by atoms with van der Waals surface area (Å²) in [6, 6.07) is 8.70. The molecule has 120 valence electrons. The summed E-state index contributed by atoms with van der Waals surface area (Å²) in [6.07, 6.45) is 3.38. The molecule has 1 fully saturated rings. The molecule has 0 bridgehead atoms. The number of nitrogens with one attached hydrogen (secondary N) is 1. The van der Waals surface area contributed by atoms with Gasteiger partial charge in [0.2, 0.25) is 5.91 Å². The number of aliphatic carboxylic acids is 1. The third kappa shape index (κ3) is 5.15. The highest BCUT2D eigenvalue weighted by atomic mass is 16.5. The van der Waals surface area contributed by atoms with Gasteiger partial charge in [0.25, 0.3) is 0 Å². The quantitative estimate of drug-likeness (QED) is 0.812. The molecule has 5 nitrogen and oxygen atoms in total. The number of carboxylic acid groups (broad SMARTS) is 1. The number of hydrogen-bond donors (Lipinski definition) is 2. The first-order chi connectivity index (χ1) is 10.5. The number of carbonyl (C=O) groups is 2. The van der Waals surface area contributed by atoms with Crippen LogP contribution in [0.2, 0.25) is 0 Å². The van der Waals surface area contributed by atoms with E-state index in [1.54, 1.807) is 0 Å². The number of carbonyl (C=O) groups excluding carboxylic acids is 1. The molecule has 0 aliphatic carbocycles. The van der Waals surface area contributed by atoms with Crippen molar-refractivity contribution < 1.29 is 19.4 Å². The number of benzene rings is 1. The number of rotatable bonds is 7. The SMILES string of the molecule is CC1CCC(CCC(=O)NC(CC(=O)O)c2ccccc2)O1. The van der Waals surface area contributed by atoms with Gasteiger partial charge in [-0.1, -0.05) is 30.3 Å². The zero-order valence-electron chi connectivity index (χ0n) is 12.8. The summed E-state index contributed by atoms with van der Waals surface area (Å²) in [5.74, 6) is -1.06. The molecule has 1 heterocycles. The summed E-state index contributed by atoms with van der Waals surface area (Å²) >= 11 is 0. The summed E-state index contributed by atoms with van der Waals surface area (Å²) in [4.78, 5) is 23.1. The van der Waals surface area contributed by atoms with Crippen molar-refractivity contribution >= 4 is 11.9 Å². The van der Waals surface area contributed by atoms with E-state index in [1.807, 2.05) is 37.3 Å². The maximum absolute atomic E-state index is 12.1. The van der Waals surface area contributed by atoms with Crippen molar-refractivity contribution in [2.75, 3.05) is 0 Å². The fraction of sp³-hybridized carbons (Fsp3) is 0.529. The van der Waals surface area contributed by atoms with E-state index in [1.165, 1.54) is 0 Å². The molecule has 2 N–H and O–H groups in total. The average Bonchev–Trinajstić information content (AvgIpc) is 2.91. The first-order valence-electron chi connectivity index (χ1n) is 7.76. The molecule has 1 aromatic carbocycles. The van der Waals surface area contributed by atoms with E-state index in [4.69, 9.17) is 9.84 Å². The fourth-order valence-electron chi connectivity index (χ4n) is 2.77. The van der Waals surface area contributed by atoms with Crippen molar-refractivity contribution in [1.29, 1.82) is 0 Å². The van der Waals surface area contributed by atoms with Crippen LogP contribution in [0.4, 0.5) is 0 Å². The van der Waals surface area contributed by atoms with Crippen LogP contribution in [-0.2, 0) is 14.3 Å². The molecule has 1 aliphatic rings. The largest absolute Gasteiger partial charge is 0.481 e. The van der Waals surface area contributed by atoms with Gasteiger partial charge in [-0.05, 0) is 31.7 Å². The van der Waals surface area contributed by atoms with Gasteiger partial charge in [0.05, 0.1) is 24.7 Å². The molecular weight excluding hydrogens is 282 g/mol.